The summed E-state index contributed by atoms with van der Waals surface area (Å²) in [6.45, 7) is 4.36. The molecule has 0 aromatic rings. The Balaban J connectivity index is 5.45. The highest BCUT2D eigenvalue weighted by molar-refractivity contribution is 7.47. The molecule has 0 aliphatic rings. The van der Waals surface area contributed by atoms with Crippen molar-refractivity contribution in [2.45, 2.75) is 303 Å². The third-order valence-corrected chi connectivity index (χ3v) is 17.6. The number of hydrogen-bond donors (Lipinski definition) is 3. The zero-order valence-corrected chi connectivity index (χ0v) is 66.2. The van der Waals surface area contributed by atoms with Crippen LogP contribution in [0, 0.1) is 0 Å². The number of aliphatic hydroxyl groups is 1. The van der Waals surface area contributed by atoms with E-state index in [0.717, 1.165) is 167 Å². The number of phosphoric acid groups is 2. The van der Waals surface area contributed by atoms with Crippen molar-refractivity contribution in [3.63, 3.8) is 0 Å². The third kappa shape index (κ3) is 74.7. The number of phosphoric ester groups is 2. The van der Waals surface area contributed by atoms with E-state index < -0.39 is 97.5 Å². The Morgan fingerprint density at radius 1 is 0.279 bits per heavy atom. The van der Waals surface area contributed by atoms with Gasteiger partial charge in [-0.2, -0.15) is 0 Å². The fourth-order valence-corrected chi connectivity index (χ4v) is 11.3. The first-order chi connectivity index (χ1) is 50.7. The largest absolute Gasteiger partial charge is 0.472 e. The maximum absolute atomic E-state index is 13.1. The Labute approximate surface area is 629 Å². The molecule has 0 radical (unpaired) electrons. The molecule has 0 saturated heterocycles. The van der Waals surface area contributed by atoms with Crippen LogP contribution >= 0.6 is 15.6 Å². The highest BCUT2D eigenvalue weighted by atomic mass is 31.2. The van der Waals surface area contributed by atoms with Gasteiger partial charge in [-0.25, -0.2) is 9.13 Å². The van der Waals surface area contributed by atoms with Crippen molar-refractivity contribution in [1.82, 2.24) is 0 Å². The summed E-state index contributed by atoms with van der Waals surface area (Å²) in [5.41, 5.74) is 0. The van der Waals surface area contributed by atoms with E-state index in [4.69, 9.17) is 37.0 Å². The topological polar surface area (TPSA) is 237 Å². The third-order valence-electron chi connectivity index (χ3n) is 15.7. The van der Waals surface area contributed by atoms with Crippen LogP contribution in [0.5, 0.6) is 0 Å². The molecule has 0 heterocycles. The van der Waals surface area contributed by atoms with Crippen molar-refractivity contribution in [2.75, 3.05) is 39.6 Å². The van der Waals surface area contributed by atoms with Crippen LogP contribution in [-0.4, -0.2) is 96.7 Å². The molecule has 5 unspecified atom stereocenters. The van der Waals surface area contributed by atoms with Gasteiger partial charge in [-0.05, 0) is 167 Å². The van der Waals surface area contributed by atoms with Crippen molar-refractivity contribution < 1.29 is 80.2 Å². The molecular weight excluding hydrogens is 1350 g/mol. The predicted molar refractivity (Wildman–Crippen MR) is 426 cm³/mol. The molecule has 0 aliphatic carbocycles. The standard InChI is InChI=1S/C85H138O17P2/c1-5-9-13-17-21-25-29-33-36-38-39-41-44-47-50-54-58-62-66-70-83(88)95-75-80(101-84(89)71-67-63-59-55-51-45-32-28-24-20-16-12-8-4)77-99-103(91,92)97-73-79(86)74-98-104(93,94)100-78-81(102-85(90)72-68-64-60-56-52-48-42-35-31-27-23-19-15-11-7-3)76-96-82(87)69-65-61-57-53-49-46-43-40-37-34-30-26-22-18-14-10-6-2/h9-11,13-15,21-23,25-28,32-37,39,41-43,46,52-53,56-57,79-81,86H,5-8,12,16-20,24,29-31,38,40,44-45,47-51,54-55,58-78H2,1-4H3,(H,91,92)(H,93,94)/b13-9-,14-10-,15-11-,25-21-,26-22-,27-23-,32-28-,36-33-,37-34-,41-39-,42-35-,46-43-,56-52-,57-53-. The van der Waals surface area contributed by atoms with Crippen LogP contribution in [-0.2, 0) is 65.4 Å². The number of rotatable bonds is 72. The lowest BCUT2D eigenvalue weighted by atomic mass is 10.1. The molecule has 0 aromatic heterocycles. The van der Waals surface area contributed by atoms with Crippen LogP contribution < -0.4 is 0 Å². The summed E-state index contributed by atoms with van der Waals surface area (Å²) in [5.74, 6) is -2.33. The van der Waals surface area contributed by atoms with Crippen LogP contribution in [0.3, 0.4) is 0 Å². The SMILES string of the molecule is CC/C=C\C/C=C\C/C=C\C/C=C\C/C=C\CCCC(=O)OCC(COP(=O)(O)OCC(O)COP(=O)(O)OCC(COC(=O)CCCCCCCC/C=C\C/C=C\C/C=C\C/C=C\CC)OC(=O)CCCCCCC/C=C\CCCCCC)OC(=O)CCCC/C=C\C/C=C\C/C=C\C/C=C\CC. The van der Waals surface area contributed by atoms with Gasteiger partial charge in [-0.1, -0.05) is 262 Å². The summed E-state index contributed by atoms with van der Waals surface area (Å²) >= 11 is 0. The molecule has 0 aromatic carbocycles. The highest BCUT2D eigenvalue weighted by Crippen LogP contribution is 2.45. The van der Waals surface area contributed by atoms with Crippen molar-refractivity contribution in [1.29, 1.82) is 0 Å². The quantitative estimate of drug-likeness (QED) is 0.0169. The zero-order valence-electron chi connectivity index (χ0n) is 64.4. The zero-order chi connectivity index (χ0) is 76.0. The second-order valence-corrected chi connectivity index (χ2v) is 28.4. The molecule has 5 atom stereocenters. The molecule has 0 spiro atoms. The van der Waals surface area contributed by atoms with E-state index >= 15 is 0 Å². The maximum Gasteiger partial charge on any atom is 0.472 e. The molecule has 17 nitrogen and oxygen atoms in total. The van der Waals surface area contributed by atoms with E-state index in [-0.39, 0.29) is 25.7 Å². The van der Waals surface area contributed by atoms with Gasteiger partial charge in [0.05, 0.1) is 26.4 Å². The normalized spacial score (nSPS) is 14.8. The number of hydrogen-bond acceptors (Lipinski definition) is 15. The van der Waals surface area contributed by atoms with Gasteiger partial charge in [0.15, 0.2) is 12.2 Å². The number of allylic oxidation sites excluding steroid dienone is 28. The van der Waals surface area contributed by atoms with Crippen LogP contribution in [0.25, 0.3) is 0 Å². The first kappa shape index (κ1) is 98.4. The fraction of sp³-hybridized carbons (Fsp3) is 0.624. The van der Waals surface area contributed by atoms with Crippen molar-refractivity contribution in [3.8, 4) is 0 Å². The minimum absolute atomic E-state index is 0.0241. The van der Waals surface area contributed by atoms with Gasteiger partial charge in [-0.15, -0.1) is 0 Å². The fourth-order valence-electron chi connectivity index (χ4n) is 9.76. The van der Waals surface area contributed by atoms with Crippen molar-refractivity contribution in [3.05, 3.63) is 170 Å². The molecule has 590 valence electrons. The highest BCUT2D eigenvalue weighted by Gasteiger charge is 2.30. The molecule has 0 fully saturated rings. The van der Waals surface area contributed by atoms with Crippen LogP contribution in [0.15, 0.2) is 170 Å². The number of carbonyl (C=O) groups is 4. The van der Waals surface area contributed by atoms with Gasteiger partial charge in [0.2, 0.25) is 0 Å². The first-order valence-electron chi connectivity index (χ1n) is 39.4. The van der Waals surface area contributed by atoms with E-state index in [1.807, 2.05) is 12.2 Å². The average Bonchev–Trinajstić information content (AvgIpc) is 0.939. The lowest BCUT2D eigenvalue weighted by Gasteiger charge is -2.21. The van der Waals surface area contributed by atoms with Gasteiger partial charge < -0.3 is 33.8 Å². The Morgan fingerprint density at radius 3 is 0.837 bits per heavy atom. The second kappa shape index (κ2) is 75.6. The van der Waals surface area contributed by atoms with E-state index in [1.54, 1.807) is 0 Å². The number of esters is 4. The lowest BCUT2D eigenvalue weighted by molar-refractivity contribution is -0.161. The molecule has 19 heteroatoms. The summed E-state index contributed by atoms with van der Waals surface area (Å²) in [7, 11) is -10.0. The van der Waals surface area contributed by atoms with Crippen molar-refractivity contribution in [2.24, 2.45) is 0 Å². The Kier molecular flexibility index (Phi) is 71.6. The van der Waals surface area contributed by atoms with Crippen LogP contribution in [0.1, 0.15) is 285 Å². The molecule has 0 rings (SSSR count). The number of aliphatic hydroxyl groups excluding tert-OH is 1. The summed E-state index contributed by atoms with van der Waals surface area (Å²) in [6.07, 6.45) is 89.2. The molecular formula is C85H138O17P2. The van der Waals surface area contributed by atoms with Gasteiger partial charge in [0, 0.05) is 25.7 Å². The van der Waals surface area contributed by atoms with E-state index in [9.17, 15) is 43.2 Å². The smallest absolute Gasteiger partial charge is 0.462 e. The molecule has 0 bridgehead atoms. The summed E-state index contributed by atoms with van der Waals surface area (Å²) < 4.78 is 68.5. The second-order valence-electron chi connectivity index (χ2n) is 25.5. The number of carbonyl (C=O) groups excluding carboxylic acids is 4. The van der Waals surface area contributed by atoms with Gasteiger partial charge in [0.25, 0.3) is 0 Å². The molecule has 3 N–H and O–H groups in total. The minimum Gasteiger partial charge on any atom is -0.462 e. The molecule has 0 saturated carbocycles. The monoisotopic (exact) mass is 1490 g/mol. The number of unbranched alkanes of at least 4 members (excludes halogenated alkanes) is 18. The van der Waals surface area contributed by atoms with E-state index in [0.29, 0.717) is 38.5 Å². The maximum atomic E-state index is 13.1. The molecule has 104 heavy (non-hydrogen) atoms. The molecule has 0 aliphatic heterocycles. The van der Waals surface area contributed by atoms with Crippen LogP contribution in [0.2, 0.25) is 0 Å². The number of ether oxygens (including phenoxy) is 4. The van der Waals surface area contributed by atoms with Gasteiger partial charge in [0.1, 0.15) is 19.3 Å². The average molecular weight is 1490 g/mol. The first-order valence-corrected chi connectivity index (χ1v) is 42.4. The minimum atomic E-state index is -5.01. The Bertz CT molecular complexity index is 2640. The summed E-state index contributed by atoms with van der Waals surface area (Å²) in [4.78, 5) is 73.0. The van der Waals surface area contributed by atoms with E-state index in [1.165, 1.54) is 25.7 Å². The van der Waals surface area contributed by atoms with Gasteiger partial charge in [-0.3, -0.25) is 37.3 Å². The van der Waals surface area contributed by atoms with Crippen molar-refractivity contribution >= 4 is 39.5 Å². The van der Waals surface area contributed by atoms with Crippen LogP contribution in [0.4, 0.5) is 0 Å². The summed E-state index contributed by atoms with van der Waals surface area (Å²) in [5, 5.41) is 10.6. The molecule has 0 amide bonds. The van der Waals surface area contributed by atoms with E-state index in [2.05, 4.69) is 186 Å². The Morgan fingerprint density at radius 2 is 0.510 bits per heavy atom. The summed E-state index contributed by atoms with van der Waals surface area (Å²) in [6, 6.07) is 0. The Hall–Kier alpha value is -5.58. The lowest BCUT2D eigenvalue weighted by Crippen LogP contribution is -2.30. The predicted octanol–water partition coefficient (Wildman–Crippen LogP) is 23.0. The van der Waals surface area contributed by atoms with Gasteiger partial charge >= 0.3 is 39.5 Å².